The molecule has 1 heterocycles. The summed E-state index contributed by atoms with van der Waals surface area (Å²) in [5, 5.41) is 12.6. The summed E-state index contributed by atoms with van der Waals surface area (Å²) in [6, 6.07) is 0. The predicted octanol–water partition coefficient (Wildman–Crippen LogP) is 2.29. The Labute approximate surface area is 115 Å². The van der Waals surface area contributed by atoms with Crippen molar-refractivity contribution in [3.05, 3.63) is 16.0 Å². The molecule has 1 aliphatic carbocycles. The first kappa shape index (κ1) is 13.0. The van der Waals surface area contributed by atoms with Crippen LogP contribution in [-0.2, 0) is 0 Å². The number of hydrogen-bond acceptors (Lipinski definition) is 4. The molecule has 2 unspecified atom stereocenters. The van der Waals surface area contributed by atoms with Crippen molar-refractivity contribution in [2.45, 2.75) is 25.7 Å². The van der Waals surface area contributed by atoms with Gasteiger partial charge >= 0.3 is 0 Å². The van der Waals surface area contributed by atoms with Crippen LogP contribution in [0.3, 0.4) is 0 Å². The maximum absolute atomic E-state index is 9.34. The van der Waals surface area contributed by atoms with E-state index in [4.69, 9.17) is 0 Å². The molecule has 5 heteroatoms. The Bertz CT molecular complexity index is 344. The lowest BCUT2D eigenvalue weighted by Crippen LogP contribution is -2.29. The molecular formula is C12H18IN3O. The molecule has 0 bridgehead atoms. The lowest BCUT2D eigenvalue weighted by Gasteiger charge is -2.30. The van der Waals surface area contributed by atoms with Crippen LogP contribution in [0, 0.1) is 15.4 Å². The van der Waals surface area contributed by atoms with Gasteiger partial charge in [-0.05, 0) is 47.3 Å². The first-order valence-corrected chi connectivity index (χ1v) is 7.19. The molecular weight excluding hydrogens is 329 g/mol. The fraction of sp³-hybridized carbons (Fsp3) is 0.667. The van der Waals surface area contributed by atoms with Crippen LogP contribution in [0.2, 0.25) is 0 Å². The third-order valence-electron chi connectivity index (χ3n) is 3.44. The zero-order chi connectivity index (χ0) is 12.1. The van der Waals surface area contributed by atoms with Crippen LogP contribution in [0.4, 0.5) is 5.95 Å². The van der Waals surface area contributed by atoms with Crippen molar-refractivity contribution in [1.29, 1.82) is 0 Å². The van der Waals surface area contributed by atoms with E-state index in [2.05, 4.69) is 37.9 Å². The van der Waals surface area contributed by atoms with Gasteiger partial charge in [-0.2, -0.15) is 0 Å². The van der Waals surface area contributed by atoms with Gasteiger partial charge in [0, 0.05) is 29.1 Å². The van der Waals surface area contributed by atoms with E-state index in [-0.39, 0.29) is 0 Å². The summed E-state index contributed by atoms with van der Waals surface area (Å²) in [6.45, 7) is 1.17. The molecule has 1 saturated carbocycles. The van der Waals surface area contributed by atoms with Crippen LogP contribution in [0.5, 0.6) is 0 Å². The summed E-state index contributed by atoms with van der Waals surface area (Å²) in [7, 11) is 0. The molecule has 1 aliphatic rings. The zero-order valence-electron chi connectivity index (χ0n) is 9.77. The number of nitrogens with zero attached hydrogens (tertiary/aromatic N) is 2. The number of aromatic nitrogens is 2. The summed E-state index contributed by atoms with van der Waals surface area (Å²) < 4.78 is 1.04. The summed E-state index contributed by atoms with van der Waals surface area (Å²) in [5.74, 6) is 1.68. The molecule has 2 atom stereocenters. The number of anilines is 1. The fourth-order valence-corrected chi connectivity index (χ4v) is 2.70. The van der Waals surface area contributed by atoms with E-state index in [0.29, 0.717) is 24.4 Å². The minimum absolute atomic E-state index is 0.305. The lowest BCUT2D eigenvalue weighted by atomic mass is 9.80. The van der Waals surface area contributed by atoms with Crippen molar-refractivity contribution < 1.29 is 5.11 Å². The summed E-state index contributed by atoms with van der Waals surface area (Å²) in [6.07, 6.45) is 8.48. The second kappa shape index (κ2) is 6.49. The quantitative estimate of drug-likeness (QED) is 0.821. The summed E-state index contributed by atoms with van der Waals surface area (Å²) >= 11 is 2.19. The molecule has 2 rings (SSSR count). The highest BCUT2D eigenvalue weighted by atomic mass is 127. The average molecular weight is 347 g/mol. The molecule has 0 aromatic carbocycles. The Morgan fingerprint density at radius 2 is 1.88 bits per heavy atom. The molecule has 0 amide bonds. The highest BCUT2D eigenvalue weighted by molar-refractivity contribution is 14.1. The van der Waals surface area contributed by atoms with Crippen LogP contribution in [-0.4, -0.2) is 28.2 Å². The van der Waals surface area contributed by atoms with E-state index in [1.807, 2.05) is 0 Å². The van der Waals surface area contributed by atoms with Gasteiger partial charge in [-0.25, -0.2) is 9.97 Å². The smallest absolute Gasteiger partial charge is 0.222 e. The second-order valence-electron chi connectivity index (χ2n) is 4.59. The van der Waals surface area contributed by atoms with E-state index in [9.17, 15) is 5.11 Å². The van der Waals surface area contributed by atoms with Gasteiger partial charge in [0.15, 0.2) is 0 Å². The number of aliphatic hydroxyl groups excluding tert-OH is 1. The largest absolute Gasteiger partial charge is 0.396 e. The molecule has 1 aromatic rings. The van der Waals surface area contributed by atoms with Crippen molar-refractivity contribution >= 4 is 28.5 Å². The molecule has 2 N–H and O–H groups in total. The fourth-order valence-electron chi connectivity index (χ4n) is 2.42. The highest BCUT2D eigenvalue weighted by Gasteiger charge is 2.24. The molecule has 0 radical (unpaired) electrons. The number of nitrogens with one attached hydrogen (secondary N) is 1. The normalized spacial score (nSPS) is 24.6. The van der Waals surface area contributed by atoms with Gasteiger partial charge in [0.1, 0.15) is 0 Å². The minimum Gasteiger partial charge on any atom is -0.396 e. The predicted molar refractivity (Wildman–Crippen MR) is 75.8 cm³/mol. The van der Waals surface area contributed by atoms with Crippen LogP contribution >= 0.6 is 22.6 Å². The first-order valence-electron chi connectivity index (χ1n) is 6.12. The van der Waals surface area contributed by atoms with E-state index in [1.54, 1.807) is 12.4 Å². The summed E-state index contributed by atoms with van der Waals surface area (Å²) in [4.78, 5) is 8.44. The SMILES string of the molecule is OCC1CCCCC1CNc1ncc(I)cn1. The number of aliphatic hydroxyl groups is 1. The maximum atomic E-state index is 9.34. The topological polar surface area (TPSA) is 58.0 Å². The average Bonchev–Trinajstić information content (AvgIpc) is 2.38. The summed E-state index contributed by atoms with van der Waals surface area (Å²) in [5.41, 5.74) is 0. The second-order valence-corrected chi connectivity index (χ2v) is 5.84. The maximum Gasteiger partial charge on any atom is 0.222 e. The van der Waals surface area contributed by atoms with Gasteiger partial charge in [-0.1, -0.05) is 12.8 Å². The number of halogens is 1. The molecule has 4 nitrogen and oxygen atoms in total. The van der Waals surface area contributed by atoms with Crippen molar-refractivity contribution in [3.63, 3.8) is 0 Å². The number of hydrogen-bond donors (Lipinski definition) is 2. The zero-order valence-corrected chi connectivity index (χ0v) is 11.9. The Morgan fingerprint density at radius 3 is 2.53 bits per heavy atom. The molecule has 0 saturated heterocycles. The molecule has 17 heavy (non-hydrogen) atoms. The van der Waals surface area contributed by atoms with Crippen LogP contribution < -0.4 is 5.32 Å². The van der Waals surface area contributed by atoms with Gasteiger partial charge in [0.05, 0.1) is 0 Å². The first-order chi connectivity index (χ1) is 8.29. The van der Waals surface area contributed by atoms with Crippen molar-refractivity contribution in [2.24, 2.45) is 11.8 Å². The van der Waals surface area contributed by atoms with Crippen molar-refractivity contribution in [1.82, 2.24) is 9.97 Å². The van der Waals surface area contributed by atoms with Crippen LogP contribution in [0.15, 0.2) is 12.4 Å². The monoisotopic (exact) mass is 347 g/mol. The van der Waals surface area contributed by atoms with Crippen molar-refractivity contribution in [3.8, 4) is 0 Å². The van der Waals surface area contributed by atoms with Crippen molar-refractivity contribution in [2.75, 3.05) is 18.5 Å². The van der Waals surface area contributed by atoms with Crippen LogP contribution in [0.1, 0.15) is 25.7 Å². The third-order valence-corrected chi connectivity index (χ3v) is 4.00. The van der Waals surface area contributed by atoms with Crippen LogP contribution in [0.25, 0.3) is 0 Å². The van der Waals surface area contributed by atoms with Gasteiger partial charge in [-0.15, -0.1) is 0 Å². The van der Waals surface area contributed by atoms with E-state index >= 15 is 0 Å². The highest BCUT2D eigenvalue weighted by Crippen LogP contribution is 2.29. The third kappa shape index (κ3) is 3.77. The van der Waals surface area contributed by atoms with E-state index in [0.717, 1.165) is 16.5 Å². The Hall–Kier alpha value is -0.430. The standard InChI is InChI=1S/C12H18IN3O/c13-11-6-15-12(16-7-11)14-5-9-3-1-2-4-10(9)8-17/h6-7,9-10,17H,1-5,8H2,(H,14,15,16). The Balaban J connectivity index is 1.86. The van der Waals surface area contributed by atoms with E-state index in [1.165, 1.54) is 19.3 Å². The molecule has 1 fully saturated rings. The van der Waals surface area contributed by atoms with E-state index < -0.39 is 0 Å². The minimum atomic E-state index is 0.305. The van der Waals surface area contributed by atoms with Gasteiger partial charge in [-0.3, -0.25) is 0 Å². The molecule has 94 valence electrons. The van der Waals surface area contributed by atoms with Gasteiger partial charge in [0.25, 0.3) is 0 Å². The van der Waals surface area contributed by atoms with Gasteiger partial charge < -0.3 is 10.4 Å². The molecule has 0 aliphatic heterocycles. The molecule has 0 spiro atoms. The van der Waals surface area contributed by atoms with Gasteiger partial charge in [0.2, 0.25) is 5.95 Å². The Morgan fingerprint density at radius 1 is 1.24 bits per heavy atom. The lowest BCUT2D eigenvalue weighted by molar-refractivity contribution is 0.141. The number of rotatable bonds is 4. The molecule has 1 aromatic heterocycles. The Kier molecular flexibility index (Phi) is 4.97.